The molecule has 1 atom stereocenters. The lowest BCUT2D eigenvalue weighted by atomic mass is 10.3. The van der Waals surface area contributed by atoms with E-state index >= 15 is 0 Å². The SMILES string of the molecule is Fc1cc(F)cc(OC(S)Cl)c1. The Bertz CT molecular complexity index is 260. The minimum Gasteiger partial charge on any atom is -0.465 e. The third-order valence-electron chi connectivity index (χ3n) is 1.07. The first-order valence-corrected chi connectivity index (χ1v) is 3.98. The van der Waals surface area contributed by atoms with E-state index in [1.54, 1.807) is 0 Å². The van der Waals surface area contributed by atoms with Crippen LogP contribution in [-0.4, -0.2) is 4.90 Å². The van der Waals surface area contributed by atoms with Crippen LogP contribution in [0.5, 0.6) is 5.75 Å². The largest absolute Gasteiger partial charge is 0.465 e. The van der Waals surface area contributed by atoms with Gasteiger partial charge < -0.3 is 4.74 Å². The lowest BCUT2D eigenvalue weighted by Gasteiger charge is -2.06. The van der Waals surface area contributed by atoms with Gasteiger partial charge in [-0.05, 0) is 0 Å². The highest BCUT2D eigenvalue weighted by Gasteiger charge is 2.03. The van der Waals surface area contributed by atoms with Gasteiger partial charge in [0.1, 0.15) is 17.4 Å². The number of halogens is 3. The number of thiol groups is 1. The standard InChI is InChI=1S/C7H5ClF2OS/c8-7(12)11-6-2-4(9)1-5(10)3-6/h1-3,7,12H. The fourth-order valence-electron chi connectivity index (χ4n) is 0.709. The Labute approximate surface area is 78.7 Å². The van der Waals surface area contributed by atoms with Gasteiger partial charge in [-0.1, -0.05) is 11.6 Å². The van der Waals surface area contributed by atoms with E-state index in [4.69, 9.17) is 16.3 Å². The molecule has 0 spiro atoms. The van der Waals surface area contributed by atoms with Crippen molar-refractivity contribution in [2.75, 3.05) is 0 Å². The average Bonchev–Trinajstić information content (AvgIpc) is 1.81. The smallest absolute Gasteiger partial charge is 0.216 e. The molecule has 0 saturated heterocycles. The molecule has 0 N–H and O–H groups in total. The molecule has 66 valence electrons. The predicted molar refractivity (Wildman–Crippen MR) is 45.6 cm³/mol. The fraction of sp³-hybridized carbons (Fsp3) is 0.143. The van der Waals surface area contributed by atoms with Crippen LogP contribution in [0.2, 0.25) is 0 Å². The van der Waals surface area contributed by atoms with Crippen LogP contribution in [0.1, 0.15) is 0 Å². The lowest BCUT2D eigenvalue weighted by molar-refractivity contribution is 0.356. The molecule has 0 amide bonds. The summed E-state index contributed by atoms with van der Waals surface area (Å²) in [4.78, 5) is -0.911. The summed E-state index contributed by atoms with van der Waals surface area (Å²) in [6.07, 6.45) is 0. The Morgan fingerprint density at radius 2 is 1.75 bits per heavy atom. The van der Waals surface area contributed by atoms with E-state index < -0.39 is 16.5 Å². The normalized spacial score (nSPS) is 12.7. The van der Waals surface area contributed by atoms with Gasteiger partial charge in [0.25, 0.3) is 0 Å². The molecular weight excluding hydrogens is 206 g/mol. The summed E-state index contributed by atoms with van der Waals surface area (Å²) in [5, 5.41) is 0. The quantitative estimate of drug-likeness (QED) is 0.449. The van der Waals surface area contributed by atoms with Crippen molar-refractivity contribution in [2.45, 2.75) is 4.90 Å². The summed E-state index contributed by atoms with van der Waals surface area (Å²) in [6, 6.07) is 2.79. The molecule has 0 aliphatic rings. The van der Waals surface area contributed by atoms with Gasteiger partial charge in [-0.25, -0.2) is 8.78 Å². The highest BCUT2D eigenvalue weighted by molar-refractivity contribution is 7.82. The Hall–Kier alpha value is -0.480. The molecule has 1 nitrogen and oxygen atoms in total. The van der Waals surface area contributed by atoms with Gasteiger partial charge in [-0.3, -0.25) is 0 Å². The molecule has 0 heterocycles. The van der Waals surface area contributed by atoms with Gasteiger partial charge in [0.15, 0.2) is 0 Å². The fourth-order valence-corrected chi connectivity index (χ4v) is 0.933. The molecule has 1 rings (SSSR count). The van der Waals surface area contributed by atoms with Crippen molar-refractivity contribution in [1.82, 2.24) is 0 Å². The highest BCUT2D eigenvalue weighted by atomic mass is 35.5. The first kappa shape index (κ1) is 9.61. The molecule has 1 aromatic rings. The molecule has 0 aliphatic carbocycles. The predicted octanol–water partition coefficient (Wildman–Crippen LogP) is 2.80. The van der Waals surface area contributed by atoms with Crippen LogP contribution in [0.25, 0.3) is 0 Å². The van der Waals surface area contributed by atoms with Gasteiger partial charge in [-0.15, -0.1) is 12.6 Å². The van der Waals surface area contributed by atoms with Crippen LogP contribution in [0.3, 0.4) is 0 Å². The van der Waals surface area contributed by atoms with E-state index in [1.807, 2.05) is 0 Å². The van der Waals surface area contributed by atoms with Crippen molar-refractivity contribution in [3.63, 3.8) is 0 Å². The Balaban J connectivity index is 2.85. The molecular formula is C7H5ClF2OS. The number of hydrogen-bond donors (Lipinski definition) is 1. The van der Waals surface area contributed by atoms with E-state index in [0.29, 0.717) is 0 Å². The zero-order valence-corrected chi connectivity index (χ0v) is 7.45. The number of alkyl halides is 1. The monoisotopic (exact) mass is 210 g/mol. The molecule has 0 aromatic heterocycles. The number of ether oxygens (including phenoxy) is 1. The number of rotatable bonds is 2. The Morgan fingerprint density at radius 3 is 2.17 bits per heavy atom. The van der Waals surface area contributed by atoms with E-state index in [9.17, 15) is 8.78 Å². The van der Waals surface area contributed by atoms with Gasteiger partial charge in [-0.2, -0.15) is 0 Å². The van der Waals surface area contributed by atoms with Gasteiger partial charge in [0, 0.05) is 18.2 Å². The third-order valence-corrected chi connectivity index (χ3v) is 1.26. The van der Waals surface area contributed by atoms with Crippen LogP contribution in [0.4, 0.5) is 8.78 Å². The molecule has 1 unspecified atom stereocenters. The van der Waals surface area contributed by atoms with E-state index in [1.165, 1.54) is 0 Å². The summed E-state index contributed by atoms with van der Waals surface area (Å²) in [7, 11) is 0. The van der Waals surface area contributed by atoms with Crippen LogP contribution < -0.4 is 4.74 Å². The second-order valence-corrected chi connectivity index (χ2v) is 3.18. The zero-order chi connectivity index (χ0) is 9.14. The topological polar surface area (TPSA) is 9.23 Å². The van der Waals surface area contributed by atoms with E-state index in [-0.39, 0.29) is 5.75 Å². The molecule has 12 heavy (non-hydrogen) atoms. The second-order valence-electron chi connectivity index (χ2n) is 2.02. The minimum atomic E-state index is -0.911. The van der Waals surface area contributed by atoms with E-state index in [0.717, 1.165) is 18.2 Å². The molecule has 0 radical (unpaired) electrons. The van der Waals surface area contributed by atoms with Crippen LogP contribution >= 0.6 is 24.2 Å². The summed E-state index contributed by atoms with van der Waals surface area (Å²) < 4.78 is 29.7. The summed E-state index contributed by atoms with van der Waals surface area (Å²) >= 11 is 8.99. The maximum atomic E-state index is 12.5. The van der Waals surface area contributed by atoms with Gasteiger partial charge in [0.2, 0.25) is 4.90 Å². The summed E-state index contributed by atoms with van der Waals surface area (Å²) in [6.45, 7) is 0. The Kier molecular flexibility index (Phi) is 3.17. The van der Waals surface area contributed by atoms with E-state index in [2.05, 4.69) is 12.6 Å². The van der Waals surface area contributed by atoms with Crippen LogP contribution in [-0.2, 0) is 0 Å². The van der Waals surface area contributed by atoms with Crippen molar-refractivity contribution >= 4 is 24.2 Å². The van der Waals surface area contributed by atoms with Crippen LogP contribution in [0.15, 0.2) is 18.2 Å². The summed E-state index contributed by atoms with van der Waals surface area (Å²) in [5.74, 6) is -1.41. The molecule has 0 saturated carbocycles. The highest BCUT2D eigenvalue weighted by Crippen LogP contribution is 2.18. The minimum absolute atomic E-state index is 0.0162. The second kappa shape index (κ2) is 3.96. The number of benzene rings is 1. The summed E-state index contributed by atoms with van der Waals surface area (Å²) in [5.41, 5.74) is 0. The Morgan fingerprint density at radius 1 is 1.25 bits per heavy atom. The molecule has 0 bridgehead atoms. The molecule has 5 heteroatoms. The van der Waals surface area contributed by atoms with Gasteiger partial charge in [0.05, 0.1) is 0 Å². The lowest BCUT2D eigenvalue weighted by Crippen LogP contribution is -1.99. The van der Waals surface area contributed by atoms with Crippen molar-refractivity contribution in [1.29, 1.82) is 0 Å². The van der Waals surface area contributed by atoms with Gasteiger partial charge >= 0.3 is 0 Å². The number of hydrogen-bond acceptors (Lipinski definition) is 2. The molecule has 0 fully saturated rings. The first-order chi connectivity index (χ1) is 5.58. The molecule has 0 aliphatic heterocycles. The maximum absolute atomic E-state index is 12.5. The van der Waals surface area contributed by atoms with Crippen molar-refractivity contribution in [2.24, 2.45) is 0 Å². The van der Waals surface area contributed by atoms with Crippen LogP contribution in [0, 0.1) is 11.6 Å². The zero-order valence-electron chi connectivity index (χ0n) is 5.80. The van der Waals surface area contributed by atoms with Crippen molar-refractivity contribution < 1.29 is 13.5 Å². The average molecular weight is 211 g/mol. The molecule has 1 aromatic carbocycles. The maximum Gasteiger partial charge on any atom is 0.216 e. The third kappa shape index (κ3) is 2.87. The van der Waals surface area contributed by atoms with Crippen molar-refractivity contribution in [3.8, 4) is 5.75 Å². The van der Waals surface area contributed by atoms with Crippen molar-refractivity contribution in [3.05, 3.63) is 29.8 Å². The first-order valence-electron chi connectivity index (χ1n) is 3.03.